The molecular formula is C15H18FNS. The van der Waals surface area contributed by atoms with Crippen molar-refractivity contribution in [2.24, 2.45) is 0 Å². The Hall–Kier alpha value is -0.980. The van der Waals surface area contributed by atoms with Gasteiger partial charge in [0, 0.05) is 23.4 Å². The molecule has 0 fully saturated rings. The number of hydrogen-bond donors (Lipinski definition) is 1. The average molecular weight is 263 g/mol. The van der Waals surface area contributed by atoms with Crippen LogP contribution in [0.2, 0.25) is 0 Å². The Morgan fingerprint density at radius 2 is 2.44 bits per heavy atom. The zero-order chi connectivity index (χ0) is 13.0. The molecule has 0 saturated carbocycles. The normalized spacial score (nSPS) is 19.9. The summed E-state index contributed by atoms with van der Waals surface area (Å²) in [6.45, 7) is 2.12. The molecule has 0 aliphatic carbocycles. The second-order valence-corrected chi connectivity index (χ2v) is 5.63. The molecule has 2 rings (SSSR count). The minimum absolute atomic E-state index is 0.103. The molecule has 0 saturated heterocycles. The first-order valence-electron chi connectivity index (χ1n) is 6.37. The van der Waals surface area contributed by atoms with Gasteiger partial charge < -0.3 is 5.32 Å². The van der Waals surface area contributed by atoms with Crippen molar-refractivity contribution < 1.29 is 4.39 Å². The van der Waals surface area contributed by atoms with Crippen LogP contribution in [0.1, 0.15) is 37.8 Å². The zero-order valence-electron chi connectivity index (χ0n) is 10.6. The zero-order valence-corrected chi connectivity index (χ0v) is 11.4. The van der Waals surface area contributed by atoms with Crippen LogP contribution in [0, 0.1) is 18.2 Å². The molecule has 0 spiro atoms. The van der Waals surface area contributed by atoms with Crippen LogP contribution >= 0.6 is 11.8 Å². The molecule has 0 aromatic heterocycles. The van der Waals surface area contributed by atoms with Crippen LogP contribution in [-0.4, -0.2) is 11.8 Å². The van der Waals surface area contributed by atoms with Gasteiger partial charge in [-0.15, -0.1) is 24.1 Å². The maximum absolute atomic E-state index is 13.7. The standard InChI is InChI=1S/C15H18FNS/c1-3-6-11(4-2)17-14-9-10-18-15-12(14)7-5-8-13(15)16/h1,5,7-8,11,14,17H,4,6,9-10H2,2H3. The molecule has 1 aliphatic heterocycles. The molecule has 0 amide bonds. The fraction of sp³-hybridized carbons (Fsp3) is 0.467. The molecule has 1 N–H and O–H groups in total. The van der Waals surface area contributed by atoms with Crippen molar-refractivity contribution >= 4 is 11.8 Å². The van der Waals surface area contributed by atoms with E-state index in [2.05, 4.69) is 18.2 Å². The lowest BCUT2D eigenvalue weighted by molar-refractivity contribution is 0.412. The molecule has 0 radical (unpaired) electrons. The van der Waals surface area contributed by atoms with Gasteiger partial charge in [-0.1, -0.05) is 19.1 Å². The number of fused-ring (bicyclic) bond motifs is 1. The quantitative estimate of drug-likeness (QED) is 0.830. The fourth-order valence-electron chi connectivity index (χ4n) is 2.31. The van der Waals surface area contributed by atoms with Gasteiger partial charge in [0.05, 0.1) is 0 Å². The summed E-state index contributed by atoms with van der Waals surface area (Å²) in [7, 11) is 0. The Labute approximate surface area is 113 Å². The summed E-state index contributed by atoms with van der Waals surface area (Å²) in [5.41, 5.74) is 1.08. The Balaban J connectivity index is 2.17. The average Bonchev–Trinajstić information content (AvgIpc) is 2.39. The number of nitrogens with one attached hydrogen (secondary N) is 1. The van der Waals surface area contributed by atoms with Crippen LogP contribution in [0.15, 0.2) is 23.1 Å². The van der Waals surface area contributed by atoms with Crippen LogP contribution in [0.5, 0.6) is 0 Å². The number of halogens is 1. The lowest BCUT2D eigenvalue weighted by atomic mass is 10.0. The van der Waals surface area contributed by atoms with E-state index >= 15 is 0 Å². The predicted octanol–water partition coefficient (Wildman–Crippen LogP) is 3.75. The number of rotatable bonds is 4. The summed E-state index contributed by atoms with van der Waals surface area (Å²) < 4.78 is 13.7. The lowest BCUT2D eigenvalue weighted by Crippen LogP contribution is -2.34. The van der Waals surface area contributed by atoms with Crippen LogP contribution in [0.4, 0.5) is 4.39 Å². The van der Waals surface area contributed by atoms with Crippen LogP contribution < -0.4 is 5.32 Å². The first-order chi connectivity index (χ1) is 8.76. The van der Waals surface area contributed by atoms with Gasteiger partial charge in [0.25, 0.3) is 0 Å². The smallest absolute Gasteiger partial charge is 0.137 e. The highest BCUT2D eigenvalue weighted by Crippen LogP contribution is 2.38. The topological polar surface area (TPSA) is 12.0 Å². The summed E-state index contributed by atoms with van der Waals surface area (Å²) >= 11 is 1.61. The first kappa shape index (κ1) is 13.5. The van der Waals surface area contributed by atoms with Crippen molar-refractivity contribution in [3.05, 3.63) is 29.6 Å². The minimum atomic E-state index is -0.103. The largest absolute Gasteiger partial charge is 0.306 e. The van der Waals surface area contributed by atoms with Crippen molar-refractivity contribution in [3.8, 4) is 12.3 Å². The second-order valence-electron chi connectivity index (χ2n) is 4.53. The van der Waals surface area contributed by atoms with Crippen molar-refractivity contribution in [3.63, 3.8) is 0 Å². The summed E-state index contributed by atoms with van der Waals surface area (Å²) in [6, 6.07) is 5.89. The third-order valence-corrected chi connectivity index (χ3v) is 4.48. The van der Waals surface area contributed by atoms with E-state index in [1.807, 2.05) is 6.07 Å². The Bertz CT molecular complexity index is 452. The van der Waals surface area contributed by atoms with E-state index in [9.17, 15) is 4.39 Å². The van der Waals surface area contributed by atoms with Crippen molar-refractivity contribution in [2.75, 3.05) is 5.75 Å². The van der Waals surface area contributed by atoms with Gasteiger partial charge in [-0.3, -0.25) is 0 Å². The molecule has 96 valence electrons. The van der Waals surface area contributed by atoms with Gasteiger partial charge in [-0.2, -0.15) is 0 Å². The number of terminal acetylenes is 1. The van der Waals surface area contributed by atoms with E-state index in [4.69, 9.17) is 6.42 Å². The SMILES string of the molecule is C#CCC(CC)NC1CCSc2c(F)cccc21. The van der Waals surface area contributed by atoms with Crippen LogP contribution in [-0.2, 0) is 0 Å². The van der Waals surface area contributed by atoms with Gasteiger partial charge in [0.15, 0.2) is 0 Å². The third-order valence-electron chi connectivity index (χ3n) is 3.32. The molecule has 1 nitrogen and oxygen atoms in total. The highest BCUT2D eigenvalue weighted by molar-refractivity contribution is 7.99. The van der Waals surface area contributed by atoms with Gasteiger partial charge >= 0.3 is 0 Å². The minimum Gasteiger partial charge on any atom is -0.306 e. The molecule has 1 aliphatic rings. The lowest BCUT2D eigenvalue weighted by Gasteiger charge is -2.29. The Morgan fingerprint density at radius 3 is 3.17 bits per heavy atom. The molecule has 2 unspecified atom stereocenters. The molecule has 1 aromatic rings. The highest BCUT2D eigenvalue weighted by Gasteiger charge is 2.24. The molecule has 3 heteroatoms. The number of thioether (sulfide) groups is 1. The number of hydrogen-bond acceptors (Lipinski definition) is 2. The van der Waals surface area contributed by atoms with Crippen molar-refractivity contribution in [1.29, 1.82) is 0 Å². The Kier molecular flexibility index (Phi) is 4.68. The van der Waals surface area contributed by atoms with E-state index in [1.165, 1.54) is 6.07 Å². The number of benzene rings is 1. The molecule has 1 aromatic carbocycles. The molecule has 18 heavy (non-hydrogen) atoms. The predicted molar refractivity (Wildman–Crippen MR) is 75.1 cm³/mol. The second kappa shape index (κ2) is 6.26. The molecular weight excluding hydrogens is 245 g/mol. The van der Waals surface area contributed by atoms with E-state index < -0.39 is 0 Å². The van der Waals surface area contributed by atoms with E-state index in [0.717, 1.165) is 35.5 Å². The highest BCUT2D eigenvalue weighted by atomic mass is 32.2. The third kappa shape index (κ3) is 2.88. The van der Waals surface area contributed by atoms with Gasteiger partial charge in [0.2, 0.25) is 0 Å². The summed E-state index contributed by atoms with van der Waals surface area (Å²) in [5.74, 6) is 3.56. The van der Waals surface area contributed by atoms with E-state index in [-0.39, 0.29) is 11.9 Å². The maximum atomic E-state index is 13.7. The molecule has 2 atom stereocenters. The molecule has 0 bridgehead atoms. The van der Waals surface area contributed by atoms with Gasteiger partial charge in [0.1, 0.15) is 5.82 Å². The summed E-state index contributed by atoms with van der Waals surface area (Å²) in [5, 5.41) is 3.57. The molecule has 1 heterocycles. The van der Waals surface area contributed by atoms with E-state index in [0.29, 0.717) is 6.04 Å². The fourth-order valence-corrected chi connectivity index (χ4v) is 3.45. The van der Waals surface area contributed by atoms with Gasteiger partial charge in [-0.05, 0) is 30.2 Å². The van der Waals surface area contributed by atoms with E-state index in [1.54, 1.807) is 17.8 Å². The Morgan fingerprint density at radius 1 is 1.61 bits per heavy atom. The summed E-state index contributed by atoms with van der Waals surface area (Å²) in [4.78, 5) is 0.803. The van der Waals surface area contributed by atoms with Crippen LogP contribution in [0.3, 0.4) is 0 Å². The van der Waals surface area contributed by atoms with Crippen LogP contribution in [0.25, 0.3) is 0 Å². The maximum Gasteiger partial charge on any atom is 0.137 e. The van der Waals surface area contributed by atoms with Crippen molar-refractivity contribution in [1.82, 2.24) is 5.32 Å². The van der Waals surface area contributed by atoms with Gasteiger partial charge in [-0.25, -0.2) is 4.39 Å². The monoisotopic (exact) mass is 263 g/mol. The van der Waals surface area contributed by atoms with Crippen molar-refractivity contribution in [2.45, 2.75) is 43.2 Å². The first-order valence-corrected chi connectivity index (χ1v) is 7.35. The summed E-state index contributed by atoms with van der Waals surface area (Å²) in [6.07, 6.45) is 8.13.